The molecule has 2 N–H and O–H groups in total. The average molecular weight is 312 g/mol. The molecular formula is C15H18ClNO4. The summed E-state index contributed by atoms with van der Waals surface area (Å²) in [5.74, 6) is -0.267. The summed E-state index contributed by atoms with van der Waals surface area (Å²) in [7, 11) is 1.48. The van der Waals surface area contributed by atoms with Crippen molar-refractivity contribution in [2.24, 2.45) is 5.92 Å². The van der Waals surface area contributed by atoms with E-state index in [-0.39, 0.29) is 5.91 Å². The quantitative estimate of drug-likeness (QED) is 0.812. The van der Waals surface area contributed by atoms with E-state index in [0.717, 1.165) is 6.42 Å². The molecule has 1 aromatic rings. The van der Waals surface area contributed by atoms with Crippen molar-refractivity contribution >= 4 is 23.5 Å². The summed E-state index contributed by atoms with van der Waals surface area (Å²) in [6, 6.07) is 3.58. The highest BCUT2D eigenvalue weighted by Gasteiger charge is 2.25. The van der Waals surface area contributed by atoms with Crippen molar-refractivity contribution in [3.63, 3.8) is 0 Å². The van der Waals surface area contributed by atoms with Crippen molar-refractivity contribution in [1.82, 2.24) is 5.32 Å². The number of rotatable bonds is 7. The number of nitrogens with one attached hydrogen (secondary N) is 1. The highest BCUT2D eigenvalue weighted by atomic mass is 35.5. The number of benzene rings is 1. The molecule has 1 aliphatic rings. The van der Waals surface area contributed by atoms with Crippen LogP contribution in [0.5, 0.6) is 5.75 Å². The van der Waals surface area contributed by atoms with Gasteiger partial charge in [-0.3, -0.25) is 4.79 Å². The molecule has 0 heterocycles. The number of carbonyl (C=O) groups excluding carboxylic acids is 1. The molecule has 0 aliphatic heterocycles. The van der Waals surface area contributed by atoms with Crippen LogP contribution >= 0.6 is 11.6 Å². The largest absolute Gasteiger partial charge is 0.495 e. The molecule has 0 radical (unpaired) electrons. The lowest BCUT2D eigenvalue weighted by molar-refractivity contribution is -0.142. The SMILES string of the molecule is COc1ccc(C(NC(=O)CCC2CC2)C(=O)O)cc1Cl. The zero-order chi connectivity index (χ0) is 15.4. The number of hydrogen-bond donors (Lipinski definition) is 2. The monoisotopic (exact) mass is 311 g/mol. The van der Waals surface area contributed by atoms with E-state index in [4.69, 9.17) is 16.3 Å². The standard InChI is InChI=1S/C15H18ClNO4/c1-21-12-6-5-10(8-11(12)16)14(15(19)20)17-13(18)7-4-9-2-3-9/h5-6,8-9,14H,2-4,7H2,1H3,(H,17,18)(H,19,20). The first kappa shape index (κ1) is 15.6. The summed E-state index contributed by atoms with van der Waals surface area (Å²) in [6.07, 6.45) is 3.52. The zero-order valence-corrected chi connectivity index (χ0v) is 12.5. The Morgan fingerprint density at radius 3 is 2.71 bits per heavy atom. The Bertz CT molecular complexity index is 542. The van der Waals surface area contributed by atoms with Gasteiger partial charge in [-0.2, -0.15) is 0 Å². The minimum absolute atomic E-state index is 0.249. The van der Waals surface area contributed by atoms with Gasteiger partial charge in [0.05, 0.1) is 12.1 Å². The van der Waals surface area contributed by atoms with Crippen molar-refractivity contribution < 1.29 is 19.4 Å². The topological polar surface area (TPSA) is 75.6 Å². The molecule has 114 valence electrons. The average Bonchev–Trinajstić information content (AvgIpc) is 3.26. The summed E-state index contributed by atoms with van der Waals surface area (Å²) in [5, 5.41) is 12.1. The van der Waals surface area contributed by atoms with Crippen LogP contribution in [-0.4, -0.2) is 24.1 Å². The van der Waals surface area contributed by atoms with Crippen molar-refractivity contribution in [3.05, 3.63) is 28.8 Å². The Morgan fingerprint density at radius 2 is 2.19 bits per heavy atom. The third kappa shape index (κ3) is 4.36. The van der Waals surface area contributed by atoms with Crippen LogP contribution in [0.2, 0.25) is 5.02 Å². The molecule has 0 saturated heterocycles. The van der Waals surface area contributed by atoms with Crippen molar-refractivity contribution in [2.45, 2.75) is 31.7 Å². The van der Waals surface area contributed by atoms with Gasteiger partial charge in [0.25, 0.3) is 0 Å². The maximum atomic E-state index is 11.8. The van der Waals surface area contributed by atoms with Gasteiger partial charge < -0.3 is 15.2 Å². The van der Waals surface area contributed by atoms with Gasteiger partial charge in [0.1, 0.15) is 5.75 Å². The van der Waals surface area contributed by atoms with E-state index in [0.29, 0.717) is 28.7 Å². The van der Waals surface area contributed by atoms with Crippen LogP contribution in [0.4, 0.5) is 0 Å². The summed E-state index contributed by atoms with van der Waals surface area (Å²) in [6.45, 7) is 0. The Hall–Kier alpha value is -1.75. The first-order chi connectivity index (χ1) is 10.0. The smallest absolute Gasteiger partial charge is 0.330 e. The van der Waals surface area contributed by atoms with Gasteiger partial charge in [-0.25, -0.2) is 4.79 Å². The Balaban J connectivity index is 2.05. The minimum Gasteiger partial charge on any atom is -0.495 e. The molecule has 5 nitrogen and oxygen atoms in total. The molecule has 0 spiro atoms. The summed E-state index contributed by atoms with van der Waals surface area (Å²) >= 11 is 6.00. The van der Waals surface area contributed by atoms with Gasteiger partial charge in [0.15, 0.2) is 6.04 Å². The van der Waals surface area contributed by atoms with Crippen LogP contribution in [0.25, 0.3) is 0 Å². The van der Waals surface area contributed by atoms with Gasteiger partial charge in [0, 0.05) is 6.42 Å². The third-order valence-corrected chi connectivity index (χ3v) is 3.83. The molecule has 1 saturated carbocycles. The summed E-state index contributed by atoms with van der Waals surface area (Å²) in [5.41, 5.74) is 0.424. The van der Waals surface area contributed by atoms with E-state index < -0.39 is 12.0 Å². The summed E-state index contributed by atoms with van der Waals surface area (Å²) in [4.78, 5) is 23.2. The summed E-state index contributed by atoms with van der Waals surface area (Å²) < 4.78 is 5.03. The Labute approximate surface area is 128 Å². The van der Waals surface area contributed by atoms with Crippen LogP contribution < -0.4 is 10.1 Å². The molecule has 21 heavy (non-hydrogen) atoms. The predicted molar refractivity (Wildman–Crippen MR) is 78.5 cm³/mol. The number of carboxylic acids is 1. The number of halogens is 1. The molecule has 0 bridgehead atoms. The lowest BCUT2D eigenvalue weighted by Crippen LogP contribution is -2.33. The normalized spacial score (nSPS) is 15.3. The molecule has 1 atom stereocenters. The number of aliphatic carboxylic acids is 1. The lowest BCUT2D eigenvalue weighted by Gasteiger charge is -2.16. The maximum absolute atomic E-state index is 11.8. The van der Waals surface area contributed by atoms with E-state index in [1.807, 2.05) is 0 Å². The van der Waals surface area contributed by atoms with Gasteiger partial charge in [-0.15, -0.1) is 0 Å². The molecule has 1 fully saturated rings. The zero-order valence-electron chi connectivity index (χ0n) is 11.8. The number of hydrogen-bond acceptors (Lipinski definition) is 3. The molecule has 1 aliphatic carbocycles. The highest BCUT2D eigenvalue weighted by molar-refractivity contribution is 6.32. The number of ether oxygens (including phenoxy) is 1. The third-order valence-electron chi connectivity index (χ3n) is 3.54. The van der Waals surface area contributed by atoms with Crippen LogP contribution in [-0.2, 0) is 9.59 Å². The van der Waals surface area contributed by atoms with Gasteiger partial charge in [0.2, 0.25) is 5.91 Å². The first-order valence-corrected chi connectivity index (χ1v) is 7.24. The highest BCUT2D eigenvalue weighted by Crippen LogP contribution is 2.33. The molecule has 6 heteroatoms. The predicted octanol–water partition coefficient (Wildman–Crippen LogP) is 2.78. The van der Waals surface area contributed by atoms with Crippen LogP contribution in [0.3, 0.4) is 0 Å². The molecule has 1 aromatic carbocycles. The Morgan fingerprint density at radius 1 is 1.48 bits per heavy atom. The Kier molecular flexibility index (Phi) is 5.07. The molecule has 2 rings (SSSR count). The molecular weight excluding hydrogens is 294 g/mol. The molecule has 1 amide bonds. The van der Waals surface area contributed by atoms with E-state index in [1.165, 1.54) is 26.0 Å². The fraction of sp³-hybridized carbons (Fsp3) is 0.467. The second-order valence-electron chi connectivity index (χ2n) is 5.21. The van der Waals surface area contributed by atoms with Gasteiger partial charge in [-0.1, -0.05) is 30.5 Å². The van der Waals surface area contributed by atoms with Crippen LogP contribution in [0, 0.1) is 5.92 Å². The van der Waals surface area contributed by atoms with Crippen LogP contribution in [0.15, 0.2) is 18.2 Å². The number of carbonyl (C=O) groups is 2. The maximum Gasteiger partial charge on any atom is 0.330 e. The molecule has 1 unspecified atom stereocenters. The van der Waals surface area contributed by atoms with Gasteiger partial charge >= 0.3 is 5.97 Å². The second-order valence-corrected chi connectivity index (χ2v) is 5.62. The first-order valence-electron chi connectivity index (χ1n) is 6.87. The van der Waals surface area contributed by atoms with E-state index >= 15 is 0 Å². The van der Waals surface area contributed by atoms with Crippen molar-refractivity contribution in [1.29, 1.82) is 0 Å². The minimum atomic E-state index is -1.11. The fourth-order valence-corrected chi connectivity index (χ4v) is 2.39. The number of amides is 1. The number of carboxylic acid groups (broad SMARTS) is 1. The van der Waals surface area contributed by atoms with E-state index in [2.05, 4.69) is 5.32 Å². The molecule has 0 aromatic heterocycles. The second kappa shape index (κ2) is 6.80. The van der Waals surface area contributed by atoms with Crippen molar-refractivity contribution in [2.75, 3.05) is 7.11 Å². The fourth-order valence-electron chi connectivity index (χ4n) is 2.12. The van der Waals surface area contributed by atoms with Crippen molar-refractivity contribution in [3.8, 4) is 5.75 Å². The lowest BCUT2D eigenvalue weighted by atomic mass is 10.1. The van der Waals surface area contributed by atoms with Crippen LogP contribution in [0.1, 0.15) is 37.3 Å². The van der Waals surface area contributed by atoms with E-state index in [1.54, 1.807) is 12.1 Å². The number of methoxy groups -OCH3 is 1. The van der Waals surface area contributed by atoms with E-state index in [9.17, 15) is 14.7 Å². The van der Waals surface area contributed by atoms with Gasteiger partial charge in [-0.05, 0) is 30.0 Å².